The number of nitrogens with zero attached hydrogens (tertiary/aromatic N) is 2. The Bertz CT molecular complexity index is 870. The van der Waals surface area contributed by atoms with Crippen LogP contribution in [0.5, 0.6) is 5.75 Å². The molecule has 0 saturated heterocycles. The Kier molecular flexibility index (Phi) is 8.35. The van der Waals surface area contributed by atoms with Crippen LogP contribution in [0.4, 0.5) is 5.69 Å². The van der Waals surface area contributed by atoms with Gasteiger partial charge in [0.15, 0.2) is 0 Å². The third-order valence-corrected chi connectivity index (χ3v) is 6.79. The molecular weight excluding hydrogens is 422 g/mol. The van der Waals surface area contributed by atoms with E-state index in [-0.39, 0.29) is 48.3 Å². The average Bonchev–Trinajstić information content (AvgIpc) is 2.76. The topological polar surface area (TPSA) is 88.2 Å². The van der Waals surface area contributed by atoms with E-state index in [1.807, 2.05) is 11.8 Å². The van der Waals surface area contributed by atoms with E-state index >= 15 is 0 Å². The molecule has 1 N–H and O–H groups in total. The SMILES string of the molecule is CCC(=O)Nc1ccc2c(c1)OC[C@H](C)N(C(=O)C1CCC1)C[C@@H](C)[C@H](OC)CN(C)C2=O. The number of methoxy groups -OCH3 is 1. The van der Waals surface area contributed by atoms with E-state index in [1.165, 1.54) is 0 Å². The number of likely N-dealkylation sites (N-methyl/N-ethyl adjacent to an activating group) is 1. The second kappa shape index (κ2) is 11.0. The maximum Gasteiger partial charge on any atom is 0.257 e. The van der Waals surface area contributed by atoms with Gasteiger partial charge in [0, 0.05) is 57.3 Å². The lowest BCUT2D eigenvalue weighted by Gasteiger charge is -2.39. The first-order valence-corrected chi connectivity index (χ1v) is 11.9. The predicted octanol–water partition coefficient (Wildman–Crippen LogP) is 3.17. The molecule has 3 rings (SSSR count). The quantitative estimate of drug-likeness (QED) is 0.747. The Morgan fingerprint density at radius 3 is 2.55 bits per heavy atom. The molecule has 1 fully saturated rings. The third kappa shape index (κ3) is 5.85. The van der Waals surface area contributed by atoms with Gasteiger partial charge >= 0.3 is 0 Å². The number of carbonyl (C=O) groups excluding carboxylic acids is 3. The zero-order valence-electron chi connectivity index (χ0n) is 20.4. The summed E-state index contributed by atoms with van der Waals surface area (Å²) in [5.41, 5.74) is 0.987. The molecule has 0 aromatic heterocycles. The summed E-state index contributed by atoms with van der Waals surface area (Å²) in [6.07, 6.45) is 3.11. The van der Waals surface area contributed by atoms with Gasteiger partial charge < -0.3 is 24.6 Å². The van der Waals surface area contributed by atoms with Crippen LogP contribution in [0.2, 0.25) is 0 Å². The van der Waals surface area contributed by atoms with Crippen LogP contribution in [0.25, 0.3) is 0 Å². The van der Waals surface area contributed by atoms with Gasteiger partial charge in [-0.25, -0.2) is 0 Å². The van der Waals surface area contributed by atoms with E-state index in [9.17, 15) is 14.4 Å². The summed E-state index contributed by atoms with van der Waals surface area (Å²) in [5.74, 6) is 0.400. The number of benzene rings is 1. The fraction of sp³-hybridized carbons (Fsp3) is 0.640. The molecule has 8 heteroatoms. The molecular formula is C25H37N3O5. The van der Waals surface area contributed by atoms with Crippen molar-refractivity contribution >= 4 is 23.4 Å². The third-order valence-electron chi connectivity index (χ3n) is 6.79. The molecule has 3 amide bonds. The van der Waals surface area contributed by atoms with E-state index in [0.717, 1.165) is 19.3 Å². The normalized spacial score (nSPS) is 24.6. The van der Waals surface area contributed by atoms with Crippen LogP contribution >= 0.6 is 0 Å². The van der Waals surface area contributed by atoms with Gasteiger partial charge in [-0.2, -0.15) is 0 Å². The predicted molar refractivity (Wildman–Crippen MR) is 126 cm³/mol. The molecule has 33 heavy (non-hydrogen) atoms. The number of hydrogen-bond donors (Lipinski definition) is 1. The number of nitrogens with one attached hydrogen (secondary N) is 1. The van der Waals surface area contributed by atoms with Crippen molar-refractivity contribution in [3.63, 3.8) is 0 Å². The lowest BCUT2D eigenvalue weighted by molar-refractivity contribution is -0.142. The van der Waals surface area contributed by atoms with Crippen molar-refractivity contribution in [3.05, 3.63) is 23.8 Å². The largest absolute Gasteiger partial charge is 0.491 e. The second-order valence-corrected chi connectivity index (χ2v) is 9.33. The van der Waals surface area contributed by atoms with E-state index in [4.69, 9.17) is 9.47 Å². The monoisotopic (exact) mass is 459 g/mol. The van der Waals surface area contributed by atoms with Crippen molar-refractivity contribution in [1.82, 2.24) is 9.80 Å². The van der Waals surface area contributed by atoms with E-state index in [0.29, 0.717) is 36.5 Å². The molecule has 1 saturated carbocycles. The molecule has 1 aliphatic carbocycles. The van der Waals surface area contributed by atoms with Gasteiger partial charge in [0.2, 0.25) is 11.8 Å². The number of carbonyl (C=O) groups is 3. The highest BCUT2D eigenvalue weighted by Crippen LogP contribution is 2.31. The van der Waals surface area contributed by atoms with E-state index < -0.39 is 0 Å². The van der Waals surface area contributed by atoms with Crippen molar-refractivity contribution in [2.24, 2.45) is 11.8 Å². The van der Waals surface area contributed by atoms with Crippen LogP contribution in [0.1, 0.15) is 56.8 Å². The smallest absolute Gasteiger partial charge is 0.257 e. The molecule has 1 heterocycles. The van der Waals surface area contributed by atoms with Crippen LogP contribution in [0.3, 0.4) is 0 Å². The first kappa shape index (κ1) is 25.0. The van der Waals surface area contributed by atoms with Crippen molar-refractivity contribution in [2.45, 2.75) is 58.6 Å². The van der Waals surface area contributed by atoms with E-state index in [2.05, 4.69) is 12.2 Å². The fourth-order valence-electron chi connectivity index (χ4n) is 4.30. The minimum absolute atomic E-state index is 0.0438. The molecule has 0 bridgehead atoms. The van der Waals surface area contributed by atoms with Gasteiger partial charge in [0.25, 0.3) is 5.91 Å². The number of rotatable bonds is 4. The minimum Gasteiger partial charge on any atom is -0.491 e. The molecule has 1 aromatic carbocycles. The highest BCUT2D eigenvalue weighted by atomic mass is 16.5. The molecule has 1 aliphatic heterocycles. The molecule has 0 radical (unpaired) electrons. The Hall–Kier alpha value is -2.61. The van der Waals surface area contributed by atoms with Crippen molar-refractivity contribution in [3.8, 4) is 5.75 Å². The Balaban J connectivity index is 1.94. The minimum atomic E-state index is -0.213. The number of anilines is 1. The van der Waals surface area contributed by atoms with Crippen LogP contribution in [0.15, 0.2) is 18.2 Å². The van der Waals surface area contributed by atoms with Crippen LogP contribution in [-0.4, -0.2) is 73.5 Å². The summed E-state index contributed by atoms with van der Waals surface area (Å²) in [6, 6.07) is 4.90. The van der Waals surface area contributed by atoms with E-state index in [1.54, 1.807) is 44.2 Å². The van der Waals surface area contributed by atoms with Crippen LogP contribution in [-0.2, 0) is 14.3 Å². The van der Waals surface area contributed by atoms with Gasteiger partial charge in [-0.15, -0.1) is 0 Å². The Morgan fingerprint density at radius 1 is 1.21 bits per heavy atom. The maximum atomic E-state index is 13.2. The van der Waals surface area contributed by atoms with Crippen molar-refractivity contribution in [1.29, 1.82) is 0 Å². The van der Waals surface area contributed by atoms with Gasteiger partial charge in [-0.1, -0.05) is 20.3 Å². The molecule has 0 spiro atoms. The molecule has 8 nitrogen and oxygen atoms in total. The highest BCUT2D eigenvalue weighted by molar-refractivity contribution is 5.98. The maximum absolute atomic E-state index is 13.2. The van der Waals surface area contributed by atoms with Gasteiger partial charge in [0.05, 0.1) is 17.7 Å². The average molecular weight is 460 g/mol. The standard InChI is InChI=1S/C25H37N3O5/c1-6-23(29)26-19-10-11-20-21(12-19)33-15-17(3)28(24(30)18-8-7-9-18)13-16(2)22(32-5)14-27(4)25(20)31/h10-12,16-18,22H,6-9,13-15H2,1-5H3,(H,26,29)/t16-,17+,22-/m1/s1. The molecule has 3 atom stereocenters. The summed E-state index contributed by atoms with van der Waals surface area (Å²) in [6.45, 7) is 7.00. The molecule has 182 valence electrons. The first-order valence-electron chi connectivity index (χ1n) is 11.9. The van der Waals surface area contributed by atoms with Gasteiger partial charge in [-0.3, -0.25) is 14.4 Å². The lowest BCUT2D eigenvalue weighted by Crippen LogP contribution is -2.51. The number of fused-ring (bicyclic) bond motifs is 1. The Labute approximate surface area is 196 Å². The number of ether oxygens (including phenoxy) is 2. The molecule has 0 unspecified atom stereocenters. The van der Waals surface area contributed by atoms with Gasteiger partial charge in [-0.05, 0) is 31.9 Å². The number of amides is 3. The van der Waals surface area contributed by atoms with Crippen LogP contribution < -0.4 is 10.1 Å². The summed E-state index contributed by atoms with van der Waals surface area (Å²) < 4.78 is 11.9. The molecule has 2 aliphatic rings. The zero-order valence-corrected chi connectivity index (χ0v) is 20.4. The van der Waals surface area contributed by atoms with Gasteiger partial charge in [0.1, 0.15) is 12.4 Å². The summed E-state index contributed by atoms with van der Waals surface area (Å²) in [7, 11) is 3.38. The van der Waals surface area contributed by atoms with Crippen LogP contribution in [0, 0.1) is 11.8 Å². The van der Waals surface area contributed by atoms with Crippen molar-refractivity contribution < 1.29 is 23.9 Å². The lowest BCUT2D eigenvalue weighted by atomic mass is 9.83. The summed E-state index contributed by atoms with van der Waals surface area (Å²) in [4.78, 5) is 41.9. The second-order valence-electron chi connectivity index (χ2n) is 9.33. The Morgan fingerprint density at radius 2 is 1.94 bits per heavy atom. The summed E-state index contributed by atoms with van der Waals surface area (Å²) in [5, 5.41) is 2.82. The highest BCUT2D eigenvalue weighted by Gasteiger charge is 2.35. The zero-order chi connectivity index (χ0) is 24.1. The fourth-order valence-corrected chi connectivity index (χ4v) is 4.30. The first-order chi connectivity index (χ1) is 15.7. The van der Waals surface area contributed by atoms with Crippen molar-refractivity contribution in [2.75, 3.05) is 39.2 Å². The summed E-state index contributed by atoms with van der Waals surface area (Å²) >= 11 is 0. The molecule has 1 aromatic rings. The number of hydrogen-bond acceptors (Lipinski definition) is 5.